The molecule has 1 N–H and O–H groups in total. The summed E-state index contributed by atoms with van der Waals surface area (Å²) >= 11 is 0. The van der Waals surface area contributed by atoms with E-state index < -0.39 is 24.1 Å². The summed E-state index contributed by atoms with van der Waals surface area (Å²) in [5, 5.41) is 8.81. The zero-order valence-electron chi connectivity index (χ0n) is 12.7. The van der Waals surface area contributed by atoms with E-state index >= 15 is 0 Å². The molecule has 1 saturated heterocycles. The SMILES string of the molecule is CC(C)c1ccc(OCC(=O)N2CCC(F)(C(=O)O)C2)cc1. The number of hydrogen-bond donors (Lipinski definition) is 1. The average Bonchev–Trinajstić information content (AvgIpc) is 2.89. The average molecular weight is 309 g/mol. The number of aliphatic carboxylic acids is 1. The molecule has 2 rings (SSSR count). The van der Waals surface area contributed by atoms with Gasteiger partial charge in [-0.2, -0.15) is 0 Å². The second-order valence-corrected chi connectivity index (χ2v) is 5.85. The summed E-state index contributed by atoms with van der Waals surface area (Å²) in [4.78, 5) is 24.0. The molecule has 1 aromatic carbocycles. The molecular formula is C16H20FNO4. The molecule has 5 nitrogen and oxygen atoms in total. The van der Waals surface area contributed by atoms with Crippen LogP contribution in [0.4, 0.5) is 4.39 Å². The Morgan fingerprint density at radius 2 is 2.00 bits per heavy atom. The highest BCUT2D eigenvalue weighted by molar-refractivity contribution is 5.83. The van der Waals surface area contributed by atoms with Gasteiger partial charge in [-0.3, -0.25) is 4.79 Å². The van der Waals surface area contributed by atoms with Crippen LogP contribution >= 0.6 is 0 Å². The first kappa shape index (κ1) is 16.3. The fourth-order valence-corrected chi connectivity index (χ4v) is 2.35. The lowest BCUT2D eigenvalue weighted by atomic mass is 10.0. The van der Waals surface area contributed by atoms with Gasteiger partial charge in [-0.25, -0.2) is 9.18 Å². The van der Waals surface area contributed by atoms with E-state index in [4.69, 9.17) is 9.84 Å². The lowest BCUT2D eigenvalue weighted by Crippen LogP contribution is -2.40. The zero-order valence-corrected chi connectivity index (χ0v) is 12.7. The van der Waals surface area contributed by atoms with Crippen LogP contribution in [0, 0.1) is 0 Å². The number of ether oxygens (including phenoxy) is 1. The third-order valence-electron chi connectivity index (χ3n) is 3.86. The quantitative estimate of drug-likeness (QED) is 0.905. The first-order chi connectivity index (χ1) is 10.3. The lowest BCUT2D eigenvalue weighted by Gasteiger charge is -2.18. The van der Waals surface area contributed by atoms with Crippen LogP contribution in [0.15, 0.2) is 24.3 Å². The Labute approximate surface area is 128 Å². The number of carbonyl (C=O) groups excluding carboxylic acids is 1. The Morgan fingerprint density at radius 1 is 1.36 bits per heavy atom. The number of carboxylic acids is 1. The van der Waals surface area contributed by atoms with Crippen molar-refractivity contribution < 1.29 is 23.8 Å². The van der Waals surface area contributed by atoms with Gasteiger partial charge in [0.1, 0.15) is 5.75 Å². The maximum Gasteiger partial charge on any atom is 0.343 e. The van der Waals surface area contributed by atoms with E-state index in [1.165, 1.54) is 10.5 Å². The number of amides is 1. The predicted octanol–water partition coefficient (Wildman–Crippen LogP) is 2.21. The van der Waals surface area contributed by atoms with Crippen LogP contribution in [0.3, 0.4) is 0 Å². The van der Waals surface area contributed by atoms with Crippen LogP contribution in [0.2, 0.25) is 0 Å². The highest BCUT2D eigenvalue weighted by atomic mass is 19.1. The lowest BCUT2D eigenvalue weighted by molar-refractivity contribution is -0.150. The molecule has 1 heterocycles. The highest BCUT2D eigenvalue weighted by Crippen LogP contribution is 2.26. The summed E-state index contributed by atoms with van der Waals surface area (Å²) in [5.41, 5.74) is -1.17. The molecule has 1 fully saturated rings. The Morgan fingerprint density at radius 3 is 2.50 bits per heavy atom. The molecule has 1 aliphatic rings. The van der Waals surface area contributed by atoms with Gasteiger partial charge in [-0.1, -0.05) is 26.0 Å². The van der Waals surface area contributed by atoms with E-state index in [1.54, 1.807) is 12.1 Å². The van der Waals surface area contributed by atoms with Crippen molar-refractivity contribution in [3.8, 4) is 5.75 Å². The second kappa shape index (κ2) is 6.34. The summed E-state index contributed by atoms with van der Waals surface area (Å²) in [6, 6.07) is 7.42. The van der Waals surface area contributed by atoms with Gasteiger partial charge in [0.25, 0.3) is 5.91 Å². The second-order valence-electron chi connectivity index (χ2n) is 5.85. The molecule has 0 spiro atoms. The van der Waals surface area contributed by atoms with Gasteiger partial charge >= 0.3 is 5.97 Å². The fourth-order valence-electron chi connectivity index (χ4n) is 2.35. The monoisotopic (exact) mass is 309 g/mol. The largest absolute Gasteiger partial charge is 0.484 e. The van der Waals surface area contributed by atoms with Gasteiger partial charge in [-0.05, 0) is 23.6 Å². The molecule has 1 atom stereocenters. The molecule has 1 aliphatic heterocycles. The van der Waals surface area contributed by atoms with Crippen molar-refractivity contribution in [2.24, 2.45) is 0 Å². The summed E-state index contributed by atoms with van der Waals surface area (Å²) in [7, 11) is 0. The van der Waals surface area contributed by atoms with Crippen molar-refractivity contribution in [3.63, 3.8) is 0 Å². The van der Waals surface area contributed by atoms with Crippen LogP contribution < -0.4 is 4.74 Å². The molecule has 0 saturated carbocycles. The van der Waals surface area contributed by atoms with Crippen LogP contribution in [0.5, 0.6) is 5.75 Å². The molecule has 1 unspecified atom stereocenters. The van der Waals surface area contributed by atoms with Gasteiger partial charge in [0.15, 0.2) is 6.61 Å². The van der Waals surface area contributed by atoms with Crippen molar-refractivity contribution in [1.29, 1.82) is 0 Å². The number of likely N-dealkylation sites (tertiary alicyclic amines) is 1. The number of carbonyl (C=O) groups is 2. The van der Waals surface area contributed by atoms with E-state index in [-0.39, 0.29) is 19.6 Å². The fraction of sp³-hybridized carbons (Fsp3) is 0.500. The normalized spacial score (nSPS) is 21.2. The van der Waals surface area contributed by atoms with E-state index in [9.17, 15) is 14.0 Å². The van der Waals surface area contributed by atoms with Crippen LogP contribution in [0.25, 0.3) is 0 Å². The number of nitrogens with zero attached hydrogens (tertiary/aromatic N) is 1. The molecule has 0 aliphatic carbocycles. The van der Waals surface area contributed by atoms with E-state index in [0.717, 1.165) is 0 Å². The number of alkyl halides is 1. The molecule has 0 bridgehead atoms. The number of benzene rings is 1. The third kappa shape index (κ3) is 3.55. The van der Waals surface area contributed by atoms with Gasteiger partial charge in [0, 0.05) is 13.0 Å². The molecule has 0 radical (unpaired) electrons. The Bertz CT molecular complexity index is 558. The van der Waals surface area contributed by atoms with Crippen LogP contribution in [-0.4, -0.2) is 47.2 Å². The van der Waals surface area contributed by atoms with Gasteiger partial charge in [0.05, 0.1) is 6.54 Å². The van der Waals surface area contributed by atoms with Crippen molar-refractivity contribution in [2.45, 2.75) is 31.9 Å². The van der Waals surface area contributed by atoms with Gasteiger partial charge in [-0.15, -0.1) is 0 Å². The first-order valence-corrected chi connectivity index (χ1v) is 7.25. The van der Waals surface area contributed by atoms with Crippen molar-refractivity contribution in [3.05, 3.63) is 29.8 Å². The van der Waals surface area contributed by atoms with Gasteiger partial charge < -0.3 is 14.7 Å². The predicted molar refractivity (Wildman–Crippen MR) is 78.7 cm³/mol. The van der Waals surface area contributed by atoms with E-state index in [1.807, 2.05) is 12.1 Å². The van der Waals surface area contributed by atoms with E-state index in [0.29, 0.717) is 11.7 Å². The molecular weight excluding hydrogens is 289 g/mol. The summed E-state index contributed by atoms with van der Waals surface area (Å²) in [6.45, 7) is 3.61. The zero-order chi connectivity index (χ0) is 16.3. The molecule has 120 valence electrons. The summed E-state index contributed by atoms with van der Waals surface area (Å²) in [6.07, 6.45) is -0.183. The van der Waals surface area contributed by atoms with Crippen molar-refractivity contribution in [2.75, 3.05) is 19.7 Å². The Hall–Kier alpha value is -2.11. The Kier molecular flexibility index (Phi) is 4.68. The minimum Gasteiger partial charge on any atom is -0.484 e. The third-order valence-corrected chi connectivity index (χ3v) is 3.86. The summed E-state index contributed by atoms with van der Waals surface area (Å²) < 4.78 is 19.3. The van der Waals surface area contributed by atoms with Crippen LogP contribution in [0.1, 0.15) is 31.7 Å². The molecule has 1 aromatic rings. The minimum absolute atomic E-state index is 0.0945. The van der Waals surface area contributed by atoms with Crippen molar-refractivity contribution in [1.82, 2.24) is 4.90 Å². The summed E-state index contributed by atoms with van der Waals surface area (Å²) in [5.74, 6) is -0.961. The highest BCUT2D eigenvalue weighted by Gasteiger charge is 2.46. The van der Waals surface area contributed by atoms with E-state index in [2.05, 4.69) is 13.8 Å². The smallest absolute Gasteiger partial charge is 0.343 e. The molecule has 22 heavy (non-hydrogen) atoms. The van der Waals surface area contributed by atoms with Crippen molar-refractivity contribution >= 4 is 11.9 Å². The maximum absolute atomic E-state index is 13.9. The topological polar surface area (TPSA) is 66.8 Å². The number of hydrogen-bond acceptors (Lipinski definition) is 3. The minimum atomic E-state index is -2.34. The standard InChI is InChI=1S/C16H20FNO4/c1-11(2)12-3-5-13(6-4-12)22-9-14(19)18-8-7-16(17,10-18)15(20)21/h3-6,11H,7-10H2,1-2H3,(H,20,21). The number of halogens is 1. The molecule has 6 heteroatoms. The maximum atomic E-state index is 13.9. The Balaban J connectivity index is 1.87. The van der Waals surface area contributed by atoms with Gasteiger partial charge in [0.2, 0.25) is 5.67 Å². The number of carboxylic acid groups (broad SMARTS) is 1. The van der Waals surface area contributed by atoms with Crippen LogP contribution in [-0.2, 0) is 9.59 Å². The molecule has 0 aromatic heterocycles. The number of rotatable bonds is 5. The first-order valence-electron chi connectivity index (χ1n) is 7.25. The molecule has 1 amide bonds.